The summed E-state index contributed by atoms with van der Waals surface area (Å²) in [5.41, 5.74) is 0.377. The maximum atomic E-state index is 13.6. The van der Waals surface area contributed by atoms with E-state index in [1.807, 2.05) is 12.1 Å². The molecule has 0 amide bonds. The maximum absolute atomic E-state index is 13.6. The Balaban J connectivity index is 1.36. The molecule has 204 valence electrons. The lowest BCUT2D eigenvalue weighted by atomic mass is 9.98. The number of halogens is 1. The Morgan fingerprint density at radius 3 is 2.53 bits per heavy atom. The predicted molar refractivity (Wildman–Crippen MR) is 149 cm³/mol. The van der Waals surface area contributed by atoms with Gasteiger partial charge in [-0.25, -0.2) is 12.7 Å². The van der Waals surface area contributed by atoms with Crippen molar-refractivity contribution in [3.05, 3.63) is 57.0 Å². The molecular formula is C26H32ClN5O4S2. The van der Waals surface area contributed by atoms with Crippen molar-refractivity contribution in [3.63, 3.8) is 0 Å². The lowest BCUT2D eigenvalue weighted by molar-refractivity contribution is 0.0943. The number of piperidine rings is 1. The van der Waals surface area contributed by atoms with Gasteiger partial charge in [0.15, 0.2) is 5.82 Å². The van der Waals surface area contributed by atoms with Crippen molar-refractivity contribution in [1.29, 1.82) is 0 Å². The molecule has 5 rings (SSSR count). The molecule has 3 heterocycles. The van der Waals surface area contributed by atoms with E-state index in [4.69, 9.17) is 21.3 Å². The number of nitrogens with zero attached hydrogens (tertiary/aromatic N) is 4. The maximum Gasteiger partial charge on any atom is 0.285 e. The third-order valence-electron chi connectivity index (χ3n) is 7.36. The van der Waals surface area contributed by atoms with E-state index in [2.05, 4.69) is 10.4 Å². The predicted octanol–water partition coefficient (Wildman–Crippen LogP) is 5.14. The van der Waals surface area contributed by atoms with E-state index in [1.165, 1.54) is 23.1 Å². The zero-order valence-corrected chi connectivity index (χ0v) is 23.7. The van der Waals surface area contributed by atoms with E-state index in [9.17, 15) is 13.2 Å². The van der Waals surface area contributed by atoms with E-state index in [0.717, 1.165) is 37.0 Å². The number of carbonyl (C=O) groups excluding carboxylic acids is 1. The minimum Gasteiger partial charge on any atom is -0.496 e. The number of hydrogen-bond acceptors (Lipinski definition) is 8. The van der Waals surface area contributed by atoms with Crippen LogP contribution in [0.15, 0.2) is 36.4 Å². The number of sulfonamides is 1. The van der Waals surface area contributed by atoms with E-state index < -0.39 is 10.0 Å². The fourth-order valence-electron chi connectivity index (χ4n) is 5.25. The number of ether oxygens (including phenoxy) is 1. The average Bonchev–Trinajstić information content (AvgIpc) is 3.58. The molecule has 0 unspecified atom stereocenters. The molecule has 1 saturated carbocycles. The second-order valence-corrected chi connectivity index (χ2v) is 13.8. The summed E-state index contributed by atoms with van der Waals surface area (Å²) in [7, 11) is -1.77. The molecule has 0 spiro atoms. The fourth-order valence-corrected chi connectivity index (χ4v) is 8.35. The highest BCUT2D eigenvalue weighted by Gasteiger charge is 2.36. The number of nitrogens with one attached hydrogen (secondary N) is 1. The molecule has 0 atom stereocenters. The number of carbonyl (C=O) groups is 1. The number of benzene rings is 1. The van der Waals surface area contributed by atoms with Crippen molar-refractivity contribution in [3.8, 4) is 5.75 Å². The van der Waals surface area contributed by atoms with Crippen LogP contribution in [0.1, 0.15) is 71.9 Å². The Morgan fingerprint density at radius 2 is 1.84 bits per heavy atom. The van der Waals surface area contributed by atoms with Crippen LogP contribution in [0.4, 0.5) is 5.95 Å². The van der Waals surface area contributed by atoms with E-state index >= 15 is 0 Å². The van der Waals surface area contributed by atoms with Gasteiger partial charge in [-0.3, -0.25) is 4.79 Å². The Hall–Kier alpha value is -2.47. The Labute approximate surface area is 232 Å². The van der Waals surface area contributed by atoms with Crippen LogP contribution < -0.4 is 10.1 Å². The standard InChI is InChI=1S/C26H32ClN5O4S2/c1-36-22-10-6-5-9-21(22)25(33)32-26(28-17-19-11-12-23(27)37-19)29-24(30-32)18-13-15-31(16-14-18)38(34,35)20-7-3-2-4-8-20/h5-6,9-12,18,20H,2-4,7-8,13-17H2,1H3,(H,28,29,30). The summed E-state index contributed by atoms with van der Waals surface area (Å²) < 4.78 is 35.4. The first kappa shape index (κ1) is 27.1. The third-order valence-corrected chi connectivity index (χ3v) is 11.0. The second-order valence-electron chi connectivity index (χ2n) is 9.75. The topological polar surface area (TPSA) is 106 Å². The molecule has 1 N–H and O–H groups in total. The van der Waals surface area contributed by atoms with Crippen LogP contribution in [0.25, 0.3) is 0 Å². The van der Waals surface area contributed by atoms with Gasteiger partial charge in [-0.15, -0.1) is 16.4 Å². The lowest BCUT2D eigenvalue weighted by Crippen LogP contribution is -2.43. The number of aromatic nitrogens is 3. The molecule has 9 nitrogen and oxygen atoms in total. The van der Waals surface area contributed by atoms with Crippen LogP contribution in [-0.4, -0.2) is 58.8 Å². The van der Waals surface area contributed by atoms with Gasteiger partial charge in [-0.1, -0.05) is 43.0 Å². The van der Waals surface area contributed by atoms with Gasteiger partial charge in [0.2, 0.25) is 16.0 Å². The molecule has 1 aliphatic carbocycles. The quantitative estimate of drug-likeness (QED) is 0.395. The highest BCUT2D eigenvalue weighted by molar-refractivity contribution is 7.89. The molecule has 2 aromatic heterocycles. The Kier molecular flexibility index (Phi) is 8.37. The van der Waals surface area contributed by atoms with Gasteiger partial charge < -0.3 is 10.1 Å². The average molecular weight is 578 g/mol. The first-order valence-electron chi connectivity index (χ1n) is 13.0. The van der Waals surface area contributed by atoms with Gasteiger partial charge >= 0.3 is 0 Å². The molecule has 1 aliphatic heterocycles. The van der Waals surface area contributed by atoms with Gasteiger partial charge in [-0.05, 0) is 49.9 Å². The molecule has 2 aliphatic rings. The minimum atomic E-state index is -3.29. The highest BCUT2D eigenvalue weighted by atomic mass is 35.5. The van der Waals surface area contributed by atoms with Gasteiger partial charge in [0, 0.05) is 23.9 Å². The smallest absolute Gasteiger partial charge is 0.285 e. The van der Waals surface area contributed by atoms with Crippen molar-refractivity contribution in [2.45, 2.75) is 62.7 Å². The number of rotatable bonds is 8. The van der Waals surface area contributed by atoms with Crippen LogP contribution in [-0.2, 0) is 16.6 Å². The van der Waals surface area contributed by atoms with E-state index in [1.54, 1.807) is 28.6 Å². The SMILES string of the molecule is COc1ccccc1C(=O)n1nc(C2CCN(S(=O)(=O)C3CCCCC3)CC2)nc1NCc1ccc(Cl)s1. The number of methoxy groups -OCH3 is 1. The van der Waals surface area contributed by atoms with Gasteiger partial charge in [-0.2, -0.15) is 9.67 Å². The summed E-state index contributed by atoms with van der Waals surface area (Å²) in [4.78, 5) is 19.3. The van der Waals surface area contributed by atoms with Crippen molar-refractivity contribution in [1.82, 2.24) is 19.1 Å². The molecule has 0 radical (unpaired) electrons. The number of hydrogen-bond donors (Lipinski definition) is 1. The van der Waals surface area contributed by atoms with E-state index in [0.29, 0.717) is 59.9 Å². The van der Waals surface area contributed by atoms with E-state index in [-0.39, 0.29) is 17.1 Å². The van der Waals surface area contributed by atoms with Crippen molar-refractivity contribution >= 4 is 44.8 Å². The molecular weight excluding hydrogens is 546 g/mol. The Bertz CT molecular complexity index is 1380. The monoisotopic (exact) mass is 577 g/mol. The van der Waals surface area contributed by atoms with Gasteiger partial charge in [0.05, 0.1) is 28.8 Å². The van der Waals surface area contributed by atoms with Crippen LogP contribution >= 0.6 is 22.9 Å². The summed E-state index contributed by atoms with van der Waals surface area (Å²) >= 11 is 7.53. The van der Waals surface area contributed by atoms with Crippen LogP contribution in [0.2, 0.25) is 4.34 Å². The molecule has 2 fully saturated rings. The summed E-state index contributed by atoms with van der Waals surface area (Å²) in [6.07, 6.45) is 5.81. The number of thiophene rings is 1. The van der Waals surface area contributed by atoms with Gasteiger partial charge in [0.1, 0.15) is 5.75 Å². The van der Waals surface area contributed by atoms with Crippen molar-refractivity contribution < 1.29 is 17.9 Å². The highest BCUT2D eigenvalue weighted by Crippen LogP contribution is 2.33. The van der Waals surface area contributed by atoms with Crippen molar-refractivity contribution in [2.24, 2.45) is 0 Å². The Morgan fingerprint density at radius 1 is 1.11 bits per heavy atom. The largest absolute Gasteiger partial charge is 0.496 e. The zero-order chi connectivity index (χ0) is 26.7. The lowest BCUT2D eigenvalue weighted by Gasteiger charge is -2.34. The summed E-state index contributed by atoms with van der Waals surface area (Å²) in [5.74, 6) is 0.917. The third kappa shape index (κ3) is 5.75. The molecule has 12 heteroatoms. The second kappa shape index (κ2) is 11.7. The number of anilines is 1. The van der Waals surface area contributed by atoms with Gasteiger partial charge in [0.25, 0.3) is 5.91 Å². The molecule has 1 aromatic carbocycles. The normalized spacial score (nSPS) is 17.9. The van der Waals surface area contributed by atoms with Crippen LogP contribution in [0.5, 0.6) is 5.75 Å². The summed E-state index contributed by atoms with van der Waals surface area (Å²) in [5, 5.41) is 7.61. The van der Waals surface area contributed by atoms with Crippen molar-refractivity contribution in [2.75, 3.05) is 25.5 Å². The fraction of sp³-hybridized carbons (Fsp3) is 0.500. The zero-order valence-electron chi connectivity index (χ0n) is 21.3. The minimum absolute atomic E-state index is 0.0451. The molecule has 0 bridgehead atoms. The summed E-state index contributed by atoms with van der Waals surface area (Å²) in [6, 6.07) is 10.8. The first-order chi connectivity index (χ1) is 18.4. The molecule has 38 heavy (non-hydrogen) atoms. The number of para-hydroxylation sites is 1. The molecule has 1 saturated heterocycles. The molecule has 3 aromatic rings. The first-order valence-corrected chi connectivity index (χ1v) is 15.7. The summed E-state index contributed by atoms with van der Waals surface area (Å²) in [6.45, 7) is 1.32. The van der Waals surface area contributed by atoms with Crippen LogP contribution in [0.3, 0.4) is 0 Å². The van der Waals surface area contributed by atoms with Crippen LogP contribution in [0, 0.1) is 0 Å².